The SMILES string of the molecule is CCOc1cc2c(cc1OCC)[C@@H]1[C@H](C(=O)N3CCC(N4CCCCC4)CC3)c3ccccc3C(=O)N1CC2. The minimum Gasteiger partial charge on any atom is -0.490 e. The van der Waals surface area contributed by atoms with Crippen molar-refractivity contribution in [2.45, 2.75) is 70.4 Å². The van der Waals surface area contributed by atoms with Crippen molar-refractivity contribution in [3.05, 3.63) is 58.7 Å². The molecule has 2 aromatic carbocycles. The Morgan fingerprint density at radius 2 is 1.56 bits per heavy atom. The van der Waals surface area contributed by atoms with E-state index in [1.165, 1.54) is 32.4 Å². The number of nitrogens with zero attached hydrogens (tertiary/aromatic N) is 3. The molecule has 0 aliphatic carbocycles. The van der Waals surface area contributed by atoms with Gasteiger partial charge in [-0.05, 0) is 93.9 Å². The molecule has 2 atom stereocenters. The van der Waals surface area contributed by atoms with E-state index in [0.29, 0.717) is 37.1 Å². The van der Waals surface area contributed by atoms with Crippen molar-refractivity contribution in [1.29, 1.82) is 0 Å². The van der Waals surface area contributed by atoms with Gasteiger partial charge in [0.2, 0.25) is 5.91 Å². The summed E-state index contributed by atoms with van der Waals surface area (Å²) in [5.74, 6) is 1.14. The monoisotopic (exact) mass is 531 g/mol. The summed E-state index contributed by atoms with van der Waals surface area (Å²) in [6.07, 6.45) is 6.69. The Morgan fingerprint density at radius 3 is 2.28 bits per heavy atom. The van der Waals surface area contributed by atoms with Gasteiger partial charge in [-0.2, -0.15) is 0 Å². The first-order valence-electron chi connectivity index (χ1n) is 15.0. The third-order valence-corrected chi connectivity index (χ3v) is 9.13. The van der Waals surface area contributed by atoms with Gasteiger partial charge < -0.3 is 24.2 Å². The van der Waals surface area contributed by atoms with Crippen LogP contribution in [0.5, 0.6) is 11.5 Å². The summed E-state index contributed by atoms with van der Waals surface area (Å²) in [5.41, 5.74) is 3.66. The van der Waals surface area contributed by atoms with Crippen molar-refractivity contribution in [3.8, 4) is 11.5 Å². The lowest BCUT2D eigenvalue weighted by Crippen LogP contribution is -2.53. The molecule has 0 bridgehead atoms. The maximum atomic E-state index is 14.5. The molecule has 2 saturated heterocycles. The largest absolute Gasteiger partial charge is 0.490 e. The first-order valence-corrected chi connectivity index (χ1v) is 15.0. The summed E-state index contributed by atoms with van der Waals surface area (Å²) >= 11 is 0. The maximum absolute atomic E-state index is 14.5. The van der Waals surface area contributed by atoms with Crippen LogP contribution in [0.15, 0.2) is 36.4 Å². The second-order valence-corrected chi connectivity index (χ2v) is 11.3. The van der Waals surface area contributed by atoms with E-state index >= 15 is 0 Å². The highest BCUT2D eigenvalue weighted by Crippen LogP contribution is 2.49. The normalized spacial score (nSPS) is 23.6. The molecule has 0 unspecified atom stereocenters. The van der Waals surface area contributed by atoms with E-state index in [2.05, 4.69) is 15.9 Å². The average Bonchev–Trinajstić information content (AvgIpc) is 2.98. The standard InChI is InChI=1S/C32H41N3O4/c1-3-38-27-20-22-12-19-35-30(26(22)21-28(27)39-4-2)29(24-10-6-7-11-25(24)31(35)36)32(37)34-17-13-23(14-18-34)33-15-8-5-9-16-33/h6-7,10-11,20-21,23,29-30H,3-5,8-9,12-19H2,1-2H3/t29-,30-/m1/s1. The summed E-state index contributed by atoms with van der Waals surface area (Å²) in [6.45, 7) is 9.52. The van der Waals surface area contributed by atoms with Crippen molar-refractivity contribution in [2.75, 3.05) is 45.9 Å². The Balaban J connectivity index is 1.35. The molecule has 2 amide bonds. The fourth-order valence-corrected chi connectivity index (χ4v) is 7.27. The van der Waals surface area contributed by atoms with E-state index in [9.17, 15) is 9.59 Å². The zero-order valence-corrected chi connectivity index (χ0v) is 23.4. The van der Waals surface area contributed by atoms with Crippen molar-refractivity contribution < 1.29 is 19.1 Å². The van der Waals surface area contributed by atoms with E-state index in [-0.39, 0.29) is 17.9 Å². The molecular weight excluding hydrogens is 490 g/mol. The number of piperidine rings is 2. The zero-order valence-electron chi connectivity index (χ0n) is 23.4. The number of ether oxygens (including phenoxy) is 2. The molecule has 39 heavy (non-hydrogen) atoms. The number of hydrogen-bond acceptors (Lipinski definition) is 5. The molecule has 2 fully saturated rings. The Bertz CT molecular complexity index is 1220. The summed E-state index contributed by atoms with van der Waals surface area (Å²) in [5, 5.41) is 0. The van der Waals surface area contributed by atoms with Crippen molar-refractivity contribution >= 4 is 11.8 Å². The second kappa shape index (κ2) is 11.2. The van der Waals surface area contributed by atoms with E-state index < -0.39 is 5.92 Å². The molecule has 7 heteroatoms. The second-order valence-electron chi connectivity index (χ2n) is 11.3. The molecule has 7 nitrogen and oxygen atoms in total. The summed E-state index contributed by atoms with van der Waals surface area (Å²) in [4.78, 5) is 34.9. The summed E-state index contributed by atoms with van der Waals surface area (Å²) in [7, 11) is 0. The third kappa shape index (κ3) is 4.79. The fraction of sp³-hybridized carbons (Fsp3) is 0.562. The first-order chi connectivity index (χ1) is 19.1. The number of rotatable bonds is 6. The quantitative estimate of drug-likeness (QED) is 0.536. The van der Waals surface area contributed by atoms with E-state index in [1.54, 1.807) is 0 Å². The van der Waals surface area contributed by atoms with E-state index in [0.717, 1.165) is 54.8 Å². The Kier molecular flexibility index (Phi) is 7.52. The van der Waals surface area contributed by atoms with Crippen LogP contribution in [-0.4, -0.2) is 78.5 Å². The van der Waals surface area contributed by atoms with Crippen LogP contribution in [0.1, 0.15) is 85.0 Å². The highest BCUT2D eigenvalue weighted by molar-refractivity contribution is 6.01. The van der Waals surface area contributed by atoms with Gasteiger partial charge in [-0.25, -0.2) is 0 Å². The number of likely N-dealkylation sites (tertiary alicyclic amines) is 2. The molecular formula is C32H41N3O4. The van der Waals surface area contributed by atoms with Crippen molar-refractivity contribution in [2.24, 2.45) is 0 Å². The van der Waals surface area contributed by atoms with Gasteiger partial charge in [0.05, 0.1) is 25.2 Å². The van der Waals surface area contributed by atoms with Gasteiger partial charge in [0.1, 0.15) is 0 Å². The Hall–Kier alpha value is -3.06. The lowest BCUT2D eigenvalue weighted by atomic mass is 9.75. The van der Waals surface area contributed by atoms with Gasteiger partial charge in [0.15, 0.2) is 11.5 Å². The highest BCUT2D eigenvalue weighted by atomic mass is 16.5. The lowest BCUT2D eigenvalue weighted by molar-refractivity contribution is -0.136. The lowest BCUT2D eigenvalue weighted by Gasteiger charge is -2.47. The Labute approximate surface area is 232 Å². The average molecular weight is 532 g/mol. The van der Waals surface area contributed by atoms with Gasteiger partial charge in [-0.1, -0.05) is 24.6 Å². The van der Waals surface area contributed by atoms with Gasteiger partial charge in [0.25, 0.3) is 5.91 Å². The van der Waals surface area contributed by atoms with E-state index in [1.807, 2.05) is 49.1 Å². The topological polar surface area (TPSA) is 62.3 Å². The molecule has 0 radical (unpaired) electrons. The van der Waals surface area contributed by atoms with E-state index in [4.69, 9.17) is 9.47 Å². The molecule has 208 valence electrons. The number of amides is 2. The van der Waals surface area contributed by atoms with Gasteiger partial charge in [0, 0.05) is 31.2 Å². The van der Waals surface area contributed by atoms with Crippen LogP contribution in [0.2, 0.25) is 0 Å². The highest BCUT2D eigenvalue weighted by Gasteiger charge is 2.48. The number of hydrogen-bond donors (Lipinski definition) is 0. The van der Waals surface area contributed by atoms with Crippen LogP contribution in [-0.2, 0) is 11.2 Å². The number of carbonyl (C=O) groups is 2. The van der Waals surface area contributed by atoms with Crippen LogP contribution in [0.4, 0.5) is 0 Å². The fourth-order valence-electron chi connectivity index (χ4n) is 7.27. The summed E-state index contributed by atoms with van der Waals surface area (Å²) < 4.78 is 11.9. The van der Waals surface area contributed by atoms with Crippen molar-refractivity contribution in [3.63, 3.8) is 0 Å². The number of carbonyl (C=O) groups excluding carboxylic acids is 2. The van der Waals surface area contributed by atoms with Gasteiger partial charge in [-0.15, -0.1) is 0 Å². The van der Waals surface area contributed by atoms with Crippen LogP contribution in [0, 0.1) is 0 Å². The molecule has 2 aromatic rings. The van der Waals surface area contributed by atoms with Crippen LogP contribution in [0.25, 0.3) is 0 Å². The summed E-state index contributed by atoms with van der Waals surface area (Å²) in [6, 6.07) is 12.1. The molecule has 0 saturated carbocycles. The van der Waals surface area contributed by atoms with Crippen LogP contribution in [0.3, 0.4) is 0 Å². The molecule has 4 aliphatic heterocycles. The molecule has 6 rings (SSSR count). The predicted molar refractivity (Wildman–Crippen MR) is 150 cm³/mol. The van der Waals surface area contributed by atoms with Crippen LogP contribution < -0.4 is 9.47 Å². The molecule has 0 aromatic heterocycles. The minimum absolute atomic E-state index is 0.0148. The smallest absolute Gasteiger partial charge is 0.254 e. The maximum Gasteiger partial charge on any atom is 0.254 e. The Morgan fingerprint density at radius 1 is 0.872 bits per heavy atom. The minimum atomic E-state index is -0.433. The third-order valence-electron chi connectivity index (χ3n) is 9.13. The molecule has 0 spiro atoms. The first kappa shape index (κ1) is 26.2. The van der Waals surface area contributed by atoms with Crippen molar-refractivity contribution in [1.82, 2.24) is 14.7 Å². The van der Waals surface area contributed by atoms with Gasteiger partial charge in [-0.3, -0.25) is 9.59 Å². The number of fused-ring (bicyclic) bond motifs is 4. The molecule has 4 aliphatic rings. The van der Waals surface area contributed by atoms with Crippen LogP contribution >= 0.6 is 0 Å². The zero-order chi connectivity index (χ0) is 26.9. The molecule has 0 N–H and O–H groups in total. The number of benzene rings is 2. The predicted octanol–water partition coefficient (Wildman–Crippen LogP) is 4.80. The van der Waals surface area contributed by atoms with Gasteiger partial charge >= 0.3 is 0 Å². The molecule has 4 heterocycles.